The van der Waals surface area contributed by atoms with Crippen molar-refractivity contribution in [1.82, 2.24) is 4.90 Å². The van der Waals surface area contributed by atoms with E-state index in [1.54, 1.807) is 0 Å². The van der Waals surface area contributed by atoms with Crippen molar-refractivity contribution in [2.45, 2.75) is 57.8 Å². The zero-order valence-electron chi connectivity index (χ0n) is 12.0. The Morgan fingerprint density at radius 2 is 1.61 bits per heavy atom. The molecule has 0 aliphatic heterocycles. The molecule has 0 amide bonds. The van der Waals surface area contributed by atoms with E-state index < -0.39 is 0 Å². The number of rotatable bonds is 8. The number of unbranched alkanes of at least 4 members (excludes halogenated alkanes) is 2. The number of aliphatic hydroxyl groups excluding tert-OH is 2. The Hall–Kier alpha value is -0.120. The molecule has 0 aromatic rings. The lowest BCUT2D eigenvalue weighted by molar-refractivity contribution is 0.0680. The van der Waals surface area contributed by atoms with Crippen molar-refractivity contribution in [3.8, 4) is 0 Å². The standard InChI is InChI=1S/C15H31NO2/c1-16(11-7-4-8-12-17)13-15(14-18)9-5-2-3-6-10-15/h17-18H,2-14H2,1H3. The Balaban J connectivity index is 2.31. The molecular formula is C15H31NO2. The monoisotopic (exact) mass is 257 g/mol. The smallest absolute Gasteiger partial charge is 0.0499 e. The summed E-state index contributed by atoms with van der Waals surface area (Å²) in [6.45, 7) is 2.77. The Kier molecular flexibility index (Phi) is 7.87. The van der Waals surface area contributed by atoms with Crippen LogP contribution in [0, 0.1) is 5.41 Å². The van der Waals surface area contributed by atoms with Crippen LogP contribution in [0.5, 0.6) is 0 Å². The van der Waals surface area contributed by atoms with E-state index in [0.29, 0.717) is 13.2 Å². The highest BCUT2D eigenvalue weighted by atomic mass is 16.3. The van der Waals surface area contributed by atoms with Crippen LogP contribution in [0.25, 0.3) is 0 Å². The summed E-state index contributed by atoms with van der Waals surface area (Å²) >= 11 is 0. The van der Waals surface area contributed by atoms with Crippen LogP contribution in [-0.4, -0.2) is 48.5 Å². The number of nitrogens with zero attached hydrogens (tertiary/aromatic N) is 1. The van der Waals surface area contributed by atoms with Crippen LogP contribution in [0.4, 0.5) is 0 Å². The van der Waals surface area contributed by atoms with Crippen LogP contribution in [0.3, 0.4) is 0 Å². The van der Waals surface area contributed by atoms with Crippen molar-refractivity contribution >= 4 is 0 Å². The molecule has 0 saturated heterocycles. The van der Waals surface area contributed by atoms with E-state index in [1.807, 2.05) is 0 Å². The molecule has 0 radical (unpaired) electrons. The second-order valence-electron chi connectivity index (χ2n) is 6.09. The summed E-state index contributed by atoms with van der Waals surface area (Å²) in [5, 5.41) is 18.5. The van der Waals surface area contributed by atoms with Gasteiger partial charge in [-0.25, -0.2) is 0 Å². The molecule has 0 aromatic carbocycles. The highest BCUT2D eigenvalue weighted by Gasteiger charge is 2.31. The first-order valence-electron chi connectivity index (χ1n) is 7.63. The van der Waals surface area contributed by atoms with E-state index in [9.17, 15) is 5.11 Å². The van der Waals surface area contributed by atoms with Crippen LogP contribution in [0.2, 0.25) is 0 Å². The summed E-state index contributed by atoms with van der Waals surface area (Å²) in [4.78, 5) is 2.37. The first-order chi connectivity index (χ1) is 8.72. The summed E-state index contributed by atoms with van der Waals surface area (Å²) in [5.41, 5.74) is 0.155. The molecular weight excluding hydrogens is 226 g/mol. The molecule has 1 saturated carbocycles. The largest absolute Gasteiger partial charge is 0.396 e. The number of hydrogen-bond donors (Lipinski definition) is 2. The molecule has 0 bridgehead atoms. The summed E-state index contributed by atoms with van der Waals surface area (Å²) < 4.78 is 0. The van der Waals surface area contributed by atoms with Gasteiger partial charge < -0.3 is 15.1 Å². The van der Waals surface area contributed by atoms with Gasteiger partial charge in [0.15, 0.2) is 0 Å². The molecule has 0 heterocycles. The van der Waals surface area contributed by atoms with Crippen LogP contribution < -0.4 is 0 Å². The summed E-state index contributed by atoms with van der Waals surface area (Å²) in [6, 6.07) is 0. The SMILES string of the molecule is CN(CCCCCO)CC1(CO)CCCCCC1. The van der Waals surface area contributed by atoms with Gasteiger partial charge in [-0.05, 0) is 45.7 Å². The van der Waals surface area contributed by atoms with E-state index in [0.717, 1.165) is 32.4 Å². The molecule has 1 aliphatic rings. The van der Waals surface area contributed by atoms with Crippen molar-refractivity contribution in [1.29, 1.82) is 0 Å². The lowest BCUT2D eigenvalue weighted by Crippen LogP contribution is -2.38. The zero-order valence-corrected chi connectivity index (χ0v) is 12.0. The highest BCUT2D eigenvalue weighted by Crippen LogP contribution is 2.35. The van der Waals surface area contributed by atoms with Crippen molar-refractivity contribution < 1.29 is 10.2 Å². The first-order valence-corrected chi connectivity index (χ1v) is 7.63. The topological polar surface area (TPSA) is 43.7 Å². The lowest BCUT2D eigenvalue weighted by atomic mass is 9.80. The van der Waals surface area contributed by atoms with Gasteiger partial charge in [0.2, 0.25) is 0 Å². The molecule has 108 valence electrons. The predicted octanol–water partition coefficient (Wildman–Crippen LogP) is 2.41. The molecule has 1 rings (SSSR count). The van der Waals surface area contributed by atoms with Gasteiger partial charge in [0.25, 0.3) is 0 Å². The van der Waals surface area contributed by atoms with Gasteiger partial charge in [0, 0.05) is 25.2 Å². The van der Waals surface area contributed by atoms with Gasteiger partial charge in [0.05, 0.1) is 0 Å². The molecule has 3 heteroatoms. The van der Waals surface area contributed by atoms with Crippen molar-refractivity contribution in [2.24, 2.45) is 5.41 Å². The van der Waals surface area contributed by atoms with E-state index in [-0.39, 0.29) is 5.41 Å². The van der Waals surface area contributed by atoms with Gasteiger partial charge in [-0.3, -0.25) is 0 Å². The molecule has 1 fully saturated rings. The quantitative estimate of drug-likeness (QED) is 0.518. The van der Waals surface area contributed by atoms with Crippen LogP contribution >= 0.6 is 0 Å². The van der Waals surface area contributed by atoms with Crippen molar-refractivity contribution in [3.63, 3.8) is 0 Å². The fourth-order valence-electron chi connectivity index (χ4n) is 3.17. The summed E-state index contributed by atoms with van der Waals surface area (Å²) in [5.74, 6) is 0. The maximum atomic E-state index is 9.77. The highest BCUT2D eigenvalue weighted by molar-refractivity contribution is 4.83. The van der Waals surface area contributed by atoms with Gasteiger partial charge in [0.1, 0.15) is 0 Å². The van der Waals surface area contributed by atoms with Crippen molar-refractivity contribution in [3.05, 3.63) is 0 Å². The minimum Gasteiger partial charge on any atom is -0.396 e. The molecule has 3 nitrogen and oxygen atoms in total. The molecule has 0 spiro atoms. The summed E-state index contributed by atoms with van der Waals surface area (Å²) in [6.07, 6.45) is 10.8. The maximum Gasteiger partial charge on any atom is 0.0499 e. The molecule has 2 N–H and O–H groups in total. The van der Waals surface area contributed by atoms with Crippen LogP contribution in [-0.2, 0) is 0 Å². The predicted molar refractivity (Wildman–Crippen MR) is 75.7 cm³/mol. The molecule has 0 atom stereocenters. The average molecular weight is 257 g/mol. The number of hydrogen-bond acceptors (Lipinski definition) is 3. The second kappa shape index (κ2) is 8.89. The van der Waals surface area contributed by atoms with Crippen LogP contribution in [0.15, 0.2) is 0 Å². The molecule has 0 aromatic heterocycles. The lowest BCUT2D eigenvalue weighted by Gasteiger charge is -2.35. The Morgan fingerprint density at radius 3 is 2.17 bits per heavy atom. The van der Waals surface area contributed by atoms with Gasteiger partial charge >= 0.3 is 0 Å². The Bertz CT molecular complexity index is 201. The first kappa shape index (κ1) is 15.9. The number of aliphatic hydroxyl groups is 2. The normalized spacial score (nSPS) is 20.0. The zero-order chi connectivity index (χ0) is 13.3. The summed E-state index contributed by atoms with van der Waals surface area (Å²) in [7, 11) is 2.17. The Morgan fingerprint density at radius 1 is 0.944 bits per heavy atom. The molecule has 1 aliphatic carbocycles. The fraction of sp³-hybridized carbons (Fsp3) is 1.00. The second-order valence-corrected chi connectivity index (χ2v) is 6.09. The van der Waals surface area contributed by atoms with E-state index in [2.05, 4.69) is 11.9 Å². The van der Waals surface area contributed by atoms with Gasteiger partial charge in [-0.2, -0.15) is 0 Å². The van der Waals surface area contributed by atoms with Gasteiger partial charge in [-0.1, -0.05) is 25.7 Å². The van der Waals surface area contributed by atoms with Crippen LogP contribution in [0.1, 0.15) is 57.8 Å². The van der Waals surface area contributed by atoms with E-state index >= 15 is 0 Å². The average Bonchev–Trinajstić information content (AvgIpc) is 2.61. The maximum absolute atomic E-state index is 9.77. The molecule has 0 unspecified atom stereocenters. The fourth-order valence-corrected chi connectivity index (χ4v) is 3.17. The Labute approximate surface area is 112 Å². The minimum atomic E-state index is 0.155. The third-order valence-corrected chi connectivity index (χ3v) is 4.30. The van der Waals surface area contributed by atoms with Crippen molar-refractivity contribution in [2.75, 3.05) is 33.4 Å². The third-order valence-electron chi connectivity index (χ3n) is 4.30. The van der Waals surface area contributed by atoms with Gasteiger partial charge in [-0.15, -0.1) is 0 Å². The van der Waals surface area contributed by atoms with E-state index in [1.165, 1.54) is 38.5 Å². The third kappa shape index (κ3) is 5.68. The van der Waals surface area contributed by atoms with E-state index in [4.69, 9.17) is 5.11 Å². The minimum absolute atomic E-state index is 0.155. The molecule has 18 heavy (non-hydrogen) atoms.